The molecule has 0 aliphatic rings. The minimum Gasteiger partial charge on any atom is -0.457 e. The first-order valence-corrected chi connectivity index (χ1v) is 9.85. The highest BCUT2D eigenvalue weighted by Gasteiger charge is 2.03. The van der Waals surface area contributed by atoms with Gasteiger partial charge in [0.15, 0.2) is 0 Å². The fraction of sp³-hybridized carbons (Fsp3) is 0. The van der Waals surface area contributed by atoms with Gasteiger partial charge in [0.25, 0.3) is 0 Å². The minimum atomic E-state index is 0.719. The van der Waals surface area contributed by atoms with E-state index in [4.69, 9.17) is 14.2 Å². The van der Waals surface area contributed by atoms with Crippen molar-refractivity contribution in [3.8, 4) is 34.5 Å². The number of hydrogen-bond acceptors (Lipinski definition) is 5. The van der Waals surface area contributed by atoms with E-state index in [9.17, 15) is 0 Å². The van der Waals surface area contributed by atoms with Crippen LogP contribution < -0.4 is 14.2 Å². The van der Waals surface area contributed by atoms with E-state index in [1.54, 1.807) is 0 Å². The Morgan fingerprint density at radius 3 is 1.00 bits per heavy atom. The molecule has 3 nitrogen and oxygen atoms in total. The second-order valence-corrected chi connectivity index (χ2v) is 7.28. The molecule has 4 aromatic rings. The summed E-state index contributed by atoms with van der Waals surface area (Å²) in [7, 11) is 0. The summed E-state index contributed by atoms with van der Waals surface area (Å²) in [5.74, 6) is 4.38. The molecule has 0 atom stereocenters. The summed E-state index contributed by atoms with van der Waals surface area (Å²) in [6.45, 7) is 0. The summed E-state index contributed by atoms with van der Waals surface area (Å²) in [5, 5.41) is 0. The highest BCUT2D eigenvalue weighted by atomic mass is 32.1. The van der Waals surface area contributed by atoms with Crippen LogP contribution in [0.3, 0.4) is 0 Å². The molecule has 0 radical (unpaired) electrons. The predicted octanol–water partition coefficient (Wildman–Crippen LogP) is 7.64. The molecular formula is C24H18O3S2. The zero-order chi connectivity index (χ0) is 20.1. The van der Waals surface area contributed by atoms with Gasteiger partial charge in [-0.3, -0.25) is 0 Å². The monoisotopic (exact) mass is 418 g/mol. The SMILES string of the molecule is Sc1cccc(Oc2ccc(Oc3ccc(Oc4cccc(S)c4)cc3)cc2)c1. The smallest absolute Gasteiger partial charge is 0.128 e. The van der Waals surface area contributed by atoms with E-state index in [1.165, 1.54) is 0 Å². The molecule has 0 aromatic heterocycles. The van der Waals surface area contributed by atoms with Crippen molar-refractivity contribution in [2.75, 3.05) is 0 Å². The summed E-state index contributed by atoms with van der Waals surface area (Å²) >= 11 is 8.64. The predicted molar refractivity (Wildman–Crippen MR) is 120 cm³/mol. The summed E-state index contributed by atoms with van der Waals surface area (Å²) in [6.07, 6.45) is 0. The molecule has 29 heavy (non-hydrogen) atoms. The van der Waals surface area contributed by atoms with Gasteiger partial charge in [0.05, 0.1) is 0 Å². The van der Waals surface area contributed by atoms with Gasteiger partial charge in [-0.1, -0.05) is 12.1 Å². The fourth-order valence-corrected chi connectivity index (χ4v) is 3.08. The van der Waals surface area contributed by atoms with E-state index in [0.717, 1.165) is 44.3 Å². The third-order valence-corrected chi connectivity index (χ3v) is 4.55. The Hall–Kier alpha value is -3.02. The average molecular weight is 419 g/mol. The number of hydrogen-bond donors (Lipinski definition) is 2. The molecule has 144 valence electrons. The Kier molecular flexibility index (Phi) is 5.98. The molecule has 0 fully saturated rings. The van der Waals surface area contributed by atoms with Crippen LogP contribution in [0.5, 0.6) is 34.5 Å². The van der Waals surface area contributed by atoms with Crippen LogP contribution in [0.2, 0.25) is 0 Å². The minimum absolute atomic E-state index is 0.719. The molecule has 0 saturated carbocycles. The van der Waals surface area contributed by atoms with Gasteiger partial charge >= 0.3 is 0 Å². The Morgan fingerprint density at radius 1 is 0.379 bits per heavy atom. The van der Waals surface area contributed by atoms with Gasteiger partial charge < -0.3 is 14.2 Å². The normalized spacial score (nSPS) is 10.4. The van der Waals surface area contributed by atoms with Gasteiger partial charge in [-0.05, 0) is 84.9 Å². The highest BCUT2D eigenvalue weighted by molar-refractivity contribution is 7.80. The molecule has 0 heterocycles. The van der Waals surface area contributed by atoms with Crippen LogP contribution in [0.25, 0.3) is 0 Å². The molecule has 0 aliphatic carbocycles. The first-order chi connectivity index (χ1) is 14.1. The second kappa shape index (κ2) is 8.99. The van der Waals surface area contributed by atoms with Gasteiger partial charge in [0.2, 0.25) is 0 Å². The number of rotatable bonds is 6. The molecular weight excluding hydrogens is 400 g/mol. The highest BCUT2D eigenvalue weighted by Crippen LogP contribution is 2.30. The van der Waals surface area contributed by atoms with Crippen molar-refractivity contribution in [2.45, 2.75) is 9.79 Å². The maximum Gasteiger partial charge on any atom is 0.128 e. The van der Waals surface area contributed by atoms with Crippen molar-refractivity contribution >= 4 is 25.3 Å². The summed E-state index contributed by atoms with van der Waals surface area (Å²) < 4.78 is 17.5. The maximum atomic E-state index is 5.89. The molecule has 5 heteroatoms. The van der Waals surface area contributed by atoms with E-state index >= 15 is 0 Å². The van der Waals surface area contributed by atoms with Crippen LogP contribution >= 0.6 is 25.3 Å². The van der Waals surface area contributed by atoms with Crippen molar-refractivity contribution in [2.24, 2.45) is 0 Å². The van der Waals surface area contributed by atoms with Crippen LogP contribution in [-0.4, -0.2) is 0 Å². The largest absolute Gasteiger partial charge is 0.457 e. The summed E-state index contributed by atoms with van der Waals surface area (Å²) in [4.78, 5) is 1.71. The van der Waals surface area contributed by atoms with Crippen molar-refractivity contribution in [1.29, 1.82) is 0 Å². The average Bonchev–Trinajstić information content (AvgIpc) is 2.71. The van der Waals surface area contributed by atoms with Gasteiger partial charge in [0.1, 0.15) is 34.5 Å². The lowest BCUT2D eigenvalue weighted by molar-refractivity contribution is 0.463. The van der Waals surface area contributed by atoms with Gasteiger partial charge in [-0.2, -0.15) is 0 Å². The lowest BCUT2D eigenvalue weighted by Crippen LogP contribution is -1.87. The number of thiol groups is 2. The van der Waals surface area contributed by atoms with E-state index in [1.807, 2.05) is 97.1 Å². The van der Waals surface area contributed by atoms with Crippen LogP contribution in [0, 0.1) is 0 Å². The molecule has 0 saturated heterocycles. The van der Waals surface area contributed by atoms with Crippen molar-refractivity contribution < 1.29 is 14.2 Å². The molecule has 0 aliphatic heterocycles. The maximum absolute atomic E-state index is 5.89. The van der Waals surface area contributed by atoms with Gasteiger partial charge in [0, 0.05) is 9.79 Å². The number of benzene rings is 4. The third-order valence-electron chi connectivity index (χ3n) is 3.99. The van der Waals surface area contributed by atoms with Gasteiger partial charge in [-0.15, -0.1) is 25.3 Å². The zero-order valence-electron chi connectivity index (χ0n) is 15.4. The topological polar surface area (TPSA) is 27.7 Å². The van der Waals surface area contributed by atoms with Crippen LogP contribution in [0.15, 0.2) is 107 Å². The molecule has 0 N–H and O–H groups in total. The lowest BCUT2D eigenvalue weighted by Gasteiger charge is -2.10. The quantitative estimate of drug-likeness (QED) is 0.315. The van der Waals surface area contributed by atoms with E-state index in [2.05, 4.69) is 25.3 Å². The zero-order valence-corrected chi connectivity index (χ0v) is 17.1. The fourth-order valence-electron chi connectivity index (χ4n) is 2.65. The Labute approximate surface area is 180 Å². The first kappa shape index (κ1) is 19.3. The van der Waals surface area contributed by atoms with Crippen LogP contribution in [0.4, 0.5) is 0 Å². The van der Waals surface area contributed by atoms with Crippen LogP contribution in [-0.2, 0) is 0 Å². The molecule has 0 amide bonds. The van der Waals surface area contributed by atoms with Crippen molar-refractivity contribution in [1.82, 2.24) is 0 Å². The summed E-state index contributed by atoms with van der Waals surface area (Å²) in [6, 6.07) is 30.0. The lowest BCUT2D eigenvalue weighted by atomic mass is 10.3. The molecule has 0 unspecified atom stereocenters. The molecule has 0 spiro atoms. The van der Waals surface area contributed by atoms with E-state index in [0.29, 0.717) is 0 Å². The standard InChI is InChI=1S/C24H18O3S2/c28-23-5-1-3-21(15-23)26-19-11-7-17(8-12-19)25-18-9-13-20(14-10-18)27-22-4-2-6-24(29)16-22/h1-16,28-29H. The van der Waals surface area contributed by atoms with Gasteiger partial charge in [-0.25, -0.2) is 0 Å². The van der Waals surface area contributed by atoms with E-state index < -0.39 is 0 Å². The summed E-state index contributed by atoms with van der Waals surface area (Å²) in [5.41, 5.74) is 0. The molecule has 0 bridgehead atoms. The van der Waals surface area contributed by atoms with Crippen molar-refractivity contribution in [3.05, 3.63) is 97.1 Å². The van der Waals surface area contributed by atoms with E-state index in [-0.39, 0.29) is 0 Å². The first-order valence-electron chi connectivity index (χ1n) is 8.96. The third kappa shape index (κ3) is 5.50. The Bertz CT molecular complexity index is 1000. The van der Waals surface area contributed by atoms with Crippen LogP contribution in [0.1, 0.15) is 0 Å². The Morgan fingerprint density at radius 2 is 0.690 bits per heavy atom. The molecule has 4 rings (SSSR count). The number of ether oxygens (including phenoxy) is 3. The second-order valence-electron chi connectivity index (χ2n) is 6.24. The van der Waals surface area contributed by atoms with Crippen molar-refractivity contribution in [3.63, 3.8) is 0 Å². The molecule has 4 aromatic carbocycles. The Balaban J connectivity index is 1.37.